The highest BCUT2D eigenvalue weighted by atomic mass is 16.5. The van der Waals surface area contributed by atoms with Gasteiger partial charge in [-0.2, -0.15) is 0 Å². The zero-order valence-electron chi connectivity index (χ0n) is 17.1. The zero-order valence-corrected chi connectivity index (χ0v) is 17.1. The number of esters is 1. The highest BCUT2D eigenvalue weighted by molar-refractivity contribution is 5.90. The second kappa shape index (κ2) is 8.97. The maximum absolute atomic E-state index is 11.7. The molecule has 1 aliphatic heterocycles. The molecule has 1 saturated heterocycles. The third-order valence-corrected chi connectivity index (χ3v) is 5.11. The van der Waals surface area contributed by atoms with Crippen LogP contribution in [0.5, 0.6) is 0 Å². The average molecular weight is 404 g/mol. The molecule has 0 bridgehead atoms. The van der Waals surface area contributed by atoms with Gasteiger partial charge in [-0.1, -0.05) is 6.07 Å². The van der Waals surface area contributed by atoms with Gasteiger partial charge in [-0.25, -0.2) is 4.79 Å². The molecule has 1 aromatic heterocycles. The molecule has 6 heteroatoms. The van der Waals surface area contributed by atoms with Crippen LogP contribution < -0.4 is 4.90 Å². The van der Waals surface area contributed by atoms with Crippen molar-refractivity contribution in [3.63, 3.8) is 0 Å². The molecule has 4 rings (SSSR count). The van der Waals surface area contributed by atoms with Crippen molar-refractivity contribution in [2.45, 2.75) is 6.92 Å². The molecule has 3 aromatic rings. The van der Waals surface area contributed by atoms with Crippen molar-refractivity contribution in [2.24, 2.45) is 4.99 Å². The third kappa shape index (κ3) is 4.44. The number of aliphatic imine (C=N–C) groups is 1. The minimum Gasteiger partial charge on any atom is -0.465 e. The lowest BCUT2D eigenvalue weighted by atomic mass is 10.0. The molecule has 0 unspecified atom stereocenters. The van der Waals surface area contributed by atoms with Gasteiger partial charge in [0.1, 0.15) is 11.5 Å². The number of carbonyl (C=O) groups is 1. The largest absolute Gasteiger partial charge is 0.465 e. The molecule has 6 nitrogen and oxygen atoms in total. The molecule has 2 aromatic carbocycles. The summed E-state index contributed by atoms with van der Waals surface area (Å²) in [6.07, 6.45) is 1.71. The number of morpholine rings is 1. The summed E-state index contributed by atoms with van der Waals surface area (Å²) < 4.78 is 16.1. The van der Waals surface area contributed by atoms with Gasteiger partial charge >= 0.3 is 5.97 Å². The van der Waals surface area contributed by atoms with Crippen molar-refractivity contribution >= 4 is 23.6 Å². The van der Waals surface area contributed by atoms with Crippen LogP contribution in [0.25, 0.3) is 11.3 Å². The molecular formula is C24H24N2O4. The Balaban J connectivity index is 1.45. The quantitative estimate of drug-likeness (QED) is 0.458. The number of benzene rings is 2. The van der Waals surface area contributed by atoms with Gasteiger partial charge in [-0.05, 0) is 61.0 Å². The van der Waals surface area contributed by atoms with Crippen LogP contribution in [0.15, 0.2) is 64.0 Å². The van der Waals surface area contributed by atoms with Crippen LogP contribution in [0.1, 0.15) is 21.7 Å². The molecule has 0 atom stereocenters. The molecule has 2 heterocycles. The molecule has 0 amide bonds. The lowest BCUT2D eigenvalue weighted by molar-refractivity contribution is 0.0600. The number of ether oxygens (including phenoxy) is 2. The number of methoxy groups -OCH3 is 1. The SMILES string of the molecule is COC(=O)c1ccc(-c2ccc(C=Nc3ccc(N4CCOCC4)cc3)o2)c(C)c1. The minimum absolute atomic E-state index is 0.350. The standard InChI is InChI=1S/C24H24N2O4/c1-17-15-18(24(27)28-2)3-9-22(17)23-10-8-21(30-23)16-25-19-4-6-20(7-5-19)26-11-13-29-14-12-26/h3-10,15-16H,11-14H2,1-2H3. The van der Waals surface area contributed by atoms with Gasteiger partial charge in [-0.3, -0.25) is 4.99 Å². The van der Waals surface area contributed by atoms with E-state index in [1.165, 1.54) is 12.8 Å². The van der Waals surface area contributed by atoms with Crippen LogP contribution in [-0.4, -0.2) is 45.6 Å². The van der Waals surface area contributed by atoms with E-state index in [2.05, 4.69) is 22.0 Å². The monoisotopic (exact) mass is 404 g/mol. The highest BCUT2D eigenvalue weighted by Gasteiger charge is 2.12. The molecule has 1 aliphatic rings. The number of furan rings is 1. The summed E-state index contributed by atoms with van der Waals surface area (Å²) in [5.74, 6) is 1.04. The predicted octanol–water partition coefficient (Wildman–Crippen LogP) is 4.63. The zero-order chi connectivity index (χ0) is 20.9. The van der Waals surface area contributed by atoms with Crippen molar-refractivity contribution in [3.05, 3.63) is 71.5 Å². The van der Waals surface area contributed by atoms with Crippen molar-refractivity contribution < 1.29 is 18.7 Å². The fraction of sp³-hybridized carbons (Fsp3) is 0.250. The van der Waals surface area contributed by atoms with E-state index in [0.29, 0.717) is 11.3 Å². The van der Waals surface area contributed by atoms with E-state index in [4.69, 9.17) is 13.9 Å². The number of rotatable bonds is 5. The van der Waals surface area contributed by atoms with E-state index in [1.54, 1.807) is 18.3 Å². The van der Waals surface area contributed by atoms with Crippen LogP contribution in [0.3, 0.4) is 0 Å². The number of nitrogens with zero attached hydrogens (tertiary/aromatic N) is 2. The Bertz CT molecular complexity index is 1050. The van der Waals surface area contributed by atoms with E-state index >= 15 is 0 Å². The molecule has 0 N–H and O–H groups in total. The second-order valence-corrected chi connectivity index (χ2v) is 7.10. The van der Waals surface area contributed by atoms with Gasteiger partial charge in [0.25, 0.3) is 0 Å². The van der Waals surface area contributed by atoms with Crippen molar-refractivity contribution in [3.8, 4) is 11.3 Å². The Labute approximate surface area is 175 Å². The third-order valence-electron chi connectivity index (χ3n) is 5.11. The van der Waals surface area contributed by atoms with Crippen LogP contribution >= 0.6 is 0 Å². The van der Waals surface area contributed by atoms with Gasteiger partial charge in [0.15, 0.2) is 0 Å². The number of carbonyl (C=O) groups excluding carboxylic acids is 1. The molecule has 0 saturated carbocycles. The van der Waals surface area contributed by atoms with Crippen molar-refractivity contribution in [1.82, 2.24) is 0 Å². The molecule has 154 valence electrons. The summed E-state index contributed by atoms with van der Waals surface area (Å²) in [6.45, 7) is 5.31. The van der Waals surface area contributed by atoms with E-state index < -0.39 is 0 Å². The molecule has 0 spiro atoms. The second-order valence-electron chi connectivity index (χ2n) is 7.10. The average Bonchev–Trinajstić information content (AvgIpc) is 3.26. The maximum atomic E-state index is 11.7. The summed E-state index contributed by atoms with van der Waals surface area (Å²) in [5, 5.41) is 0. The Morgan fingerprint density at radius 1 is 1.07 bits per heavy atom. The first-order valence-electron chi connectivity index (χ1n) is 9.90. The van der Waals surface area contributed by atoms with E-state index in [0.717, 1.165) is 48.9 Å². The Hall–Kier alpha value is -3.38. The Morgan fingerprint density at radius 2 is 1.83 bits per heavy atom. The number of anilines is 1. The fourth-order valence-corrected chi connectivity index (χ4v) is 3.46. The number of aryl methyl sites for hydroxylation is 1. The van der Waals surface area contributed by atoms with Gasteiger partial charge in [0.2, 0.25) is 0 Å². The lowest BCUT2D eigenvalue weighted by Crippen LogP contribution is -2.36. The number of hydrogen-bond acceptors (Lipinski definition) is 6. The summed E-state index contributed by atoms with van der Waals surface area (Å²) >= 11 is 0. The molecule has 0 radical (unpaired) electrons. The minimum atomic E-state index is -0.350. The summed E-state index contributed by atoms with van der Waals surface area (Å²) in [4.78, 5) is 18.5. The predicted molar refractivity (Wildman–Crippen MR) is 117 cm³/mol. The smallest absolute Gasteiger partial charge is 0.337 e. The first-order chi connectivity index (χ1) is 14.6. The van der Waals surface area contributed by atoms with Crippen LogP contribution in [-0.2, 0) is 9.47 Å². The summed E-state index contributed by atoms with van der Waals surface area (Å²) in [6, 6.07) is 17.4. The van der Waals surface area contributed by atoms with Gasteiger partial charge < -0.3 is 18.8 Å². The molecule has 1 fully saturated rings. The van der Waals surface area contributed by atoms with Gasteiger partial charge in [0, 0.05) is 24.3 Å². The van der Waals surface area contributed by atoms with E-state index in [-0.39, 0.29) is 5.97 Å². The van der Waals surface area contributed by atoms with Crippen molar-refractivity contribution in [1.29, 1.82) is 0 Å². The summed E-state index contributed by atoms with van der Waals surface area (Å²) in [5.41, 5.74) is 4.44. The van der Waals surface area contributed by atoms with E-state index in [1.807, 2.05) is 37.3 Å². The summed E-state index contributed by atoms with van der Waals surface area (Å²) in [7, 11) is 1.37. The normalized spacial score (nSPS) is 14.3. The highest BCUT2D eigenvalue weighted by Crippen LogP contribution is 2.27. The van der Waals surface area contributed by atoms with Crippen LogP contribution in [0.4, 0.5) is 11.4 Å². The number of hydrogen-bond donors (Lipinski definition) is 0. The molecule has 0 aliphatic carbocycles. The molecular weight excluding hydrogens is 380 g/mol. The van der Waals surface area contributed by atoms with Gasteiger partial charge in [-0.15, -0.1) is 0 Å². The maximum Gasteiger partial charge on any atom is 0.337 e. The topological polar surface area (TPSA) is 64.3 Å². The molecule has 30 heavy (non-hydrogen) atoms. The first-order valence-corrected chi connectivity index (χ1v) is 9.90. The Kier molecular flexibility index (Phi) is 5.95. The van der Waals surface area contributed by atoms with Crippen LogP contribution in [0, 0.1) is 6.92 Å². The lowest BCUT2D eigenvalue weighted by Gasteiger charge is -2.28. The first kappa shape index (κ1) is 19.9. The van der Waals surface area contributed by atoms with Crippen molar-refractivity contribution in [2.75, 3.05) is 38.3 Å². The van der Waals surface area contributed by atoms with Gasteiger partial charge in [0.05, 0.1) is 37.8 Å². The fourth-order valence-electron chi connectivity index (χ4n) is 3.46. The van der Waals surface area contributed by atoms with Crippen LogP contribution in [0.2, 0.25) is 0 Å². The Morgan fingerprint density at radius 3 is 2.53 bits per heavy atom. The van der Waals surface area contributed by atoms with E-state index in [9.17, 15) is 4.79 Å².